The smallest absolute Gasteiger partial charge is 0.456 e. The van der Waals surface area contributed by atoms with Gasteiger partial charge in [0.1, 0.15) is 19.3 Å². The van der Waals surface area contributed by atoms with Crippen LogP contribution in [0.3, 0.4) is 0 Å². The number of phosphoric acid groups is 1. The Hall–Kier alpha value is -2.03. The van der Waals surface area contributed by atoms with Crippen molar-refractivity contribution in [3.63, 3.8) is 0 Å². The number of phosphoric ester groups is 1. The number of quaternary nitrogens is 1. The van der Waals surface area contributed by atoms with E-state index < -0.39 is 20.0 Å². The van der Waals surface area contributed by atoms with Gasteiger partial charge in [0, 0.05) is 12.8 Å². The van der Waals surface area contributed by atoms with E-state index in [4.69, 9.17) is 13.8 Å². The Morgan fingerprint density at radius 1 is 0.422 bits per heavy atom. The number of allylic oxidation sites excluding steroid dienone is 7. The van der Waals surface area contributed by atoms with E-state index in [0.29, 0.717) is 23.9 Å². The first-order chi connectivity index (χ1) is 40.4. The van der Waals surface area contributed by atoms with Gasteiger partial charge in [-0.15, -0.1) is 0 Å². The molecule has 0 spiro atoms. The molecule has 0 aliphatic rings. The van der Waals surface area contributed by atoms with Crippen LogP contribution in [0.15, 0.2) is 48.6 Å². The molecule has 0 aromatic heterocycles. The standard InChI is InChI=1S/C73H139N2O7P/c1-7-10-13-16-19-22-25-28-30-32-33-34-35-36-37-38-39-40-41-43-45-48-51-54-57-60-63-66-73(77)82-71(64-61-58-55-52-49-46-27-24-21-18-15-12-9-3)70(69-81-83(78,79)80-68-67-75(4,5)6)74-72(76)65-62-59-56-53-50-47-44-42-31-29-26-23-20-17-14-11-8-2/h20,23,28-31,61,64,70-71H,7-19,21-22,24-27,32-60,62-63,65-69H2,1-6H3,(H-,74,76,78,79)/p+1/b23-20-,30-28+,31-29-,64-61-. The summed E-state index contributed by atoms with van der Waals surface area (Å²) in [5, 5.41) is 3.07. The molecule has 0 aliphatic heterocycles. The third kappa shape index (κ3) is 64.3. The molecule has 0 heterocycles. The number of esters is 1. The lowest BCUT2D eigenvalue weighted by atomic mass is 10.0. The quantitative estimate of drug-likeness (QED) is 0.0205. The highest BCUT2D eigenvalue weighted by molar-refractivity contribution is 7.47. The Morgan fingerprint density at radius 2 is 0.735 bits per heavy atom. The summed E-state index contributed by atoms with van der Waals surface area (Å²) >= 11 is 0. The van der Waals surface area contributed by atoms with Crippen molar-refractivity contribution in [2.45, 2.75) is 367 Å². The summed E-state index contributed by atoms with van der Waals surface area (Å²) in [5.41, 5.74) is 0. The van der Waals surface area contributed by atoms with E-state index in [1.54, 1.807) is 0 Å². The molecule has 0 saturated heterocycles. The fourth-order valence-corrected chi connectivity index (χ4v) is 11.4. The van der Waals surface area contributed by atoms with Crippen molar-refractivity contribution in [1.29, 1.82) is 0 Å². The number of hydrogen-bond acceptors (Lipinski definition) is 6. The van der Waals surface area contributed by atoms with Crippen molar-refractivity contribution in [3.05, 3.63) is 48.6 Å². The highest BCUT2D eigenvalue weighted by Gasteiger charge is 2.30. The third-order valence-electron chi connectivity index (χ3n) is 16.2. The van der Waals surface area contributed by atoms with Crippen LogP contribution >= 0.6 is 7.82 Å². The van der Waals surface area contributed by atoms with Crippen molar-refractivity contribution in [3.8, 4) is 0 Å². The Morgan fingerprint density at radius 3 is 1.12 bits per heavy atom. The maximum atomic E-state index is 13.6. The van der Waals surface area contributed by atoms with Crippen LogP contribution in [0.1, 0.15) is 355 Å². The first kappa shape index (κ1) is 81.0. The molecule has 0 aliphatic carbocycles. The minimum atomic E-state index is -4.45. The Bertz CT molecular complexity index is 1560. The van der Waals surface area contributed by atoms with Crippen molar-refractivity contribution < 1.29 is 37.3 Å². The molecule has 0 rings (SSSR count). The first-order valence-corrected chi connectivity index (χ1v) is 37.5. The van der Waals surface area contributed by atoms with E-state index in [-0.39, 0.29) is 25.1 Å². The number of hydrogen-bond donors (Lipinski definition) is 2. The van der Waals surface area contributed by atoms with Crippen LogP contribution in [0.2, 0.25) is 0 Å². The third-order valence-corrected chi connectivity index (χ3v) is 17.2. The molecule has 0 fully saturated rings. The number of nitrogens with one attached hydrogen (secondary N) is 1. The summed E-state index contributed by atoms with van der Waals surface area (Å²) in [5.74, 6) is -0.498. The molecule has 3 atom stereocenters. The maximum Gasteiger partial charge on any atom is 0.472 e. The van der Waals surface area contributed by atoms with E-state index in [0.717, 1.165) is 77.0 Å². The molecule has 488 valence electrons. The molecule has 0 aromatic rings. The number of nitrogens with zero attached hydrogens (tertiary/aromatic N) is 1. The second kappa shape index (κ2) is 63.0. The van der Waals surface area contributed by atoms with Gasteiger partial charge in [-0.1, -0.05) is 301 Å². The second-order valence-electron chi connectivity index (χ2n) is 25.8. The molecule has 0 saturated carbocycles. The lowest BCUT2D eigenvalue weighted by Crippen LogP contribution is -2.47. The van der Waals surface area contributed by atoms with Gasteiger partial charge >= 0.3 is 13.8 Å². The minimum absolute atomic E-state index is 0.0399. The number of carbonyl (C=O) groups is 2. The zero-order valence-electron chi connectivity index (χ0n) is 56.0. The number of carbonyl (C=O) groups excluding carboxylic acids is 2. The predicted molar refractivity (Wildman–Crippen MR) is 360 cm³/mol. The van der Waals surface area contributed by atoms with Crippen LogP contribution in [-0.2, 0) is 27.9 Å². The number of ether oxygens (including phenoxy) is 1. The molecule has 0 radical (unpaired) electrons. The zero-order valence-corrected chi connectivity index (χ0v) is 56.8. The van der Waals surface area contributed by atoms with Gasteiger partial charge in [0.05, 0.1) is 33.8 Å². The fourth-order valence-electron chi connectivity index (χ4n) is 10.7. The summed E-state index contributed by atoms with van der Waals surface area (Å²) in [4.78, 5) is 37.9. The highest BCUT2D eigenvalue weighted by atomic mass is 31.2. The van der Waals surface area contributed by atoms with Gasteiger partial charge in [0.2, 0.25) is 5.91 Å². The van der Waals surface area contributed by atoms with Gasteiger partial charge in [-0.3, -0.25) is 18.6 Å². The van der Waals surface area contributed by atoms with Gasteiger partial charge in [-0.05, 0) is 89.5 Å². The molecule has 83 heavy (non-hydrogen) atoms. The van der Waals surface area contributed by atoms with Crippen LogP contribution in [0, 0.1) is 0 Å². The van der Waals surface area contributed by atoms with Crippen LogP contribution in [0.4, 0.5) is 0 Å². The van der Waals surface area contributed by atoms with E-state index in [9.17, 15) is 19.0 Å². The summed E-state index contributed by atoms with van der Waals surface area (Å²) in [6, 6.07) is -0.852. The molecule has 2 N–H and O–H groups in total. The van der Waals surface area contributed by atoms with Crippen LogP contribution < -0.4 is 5.32 Å². The Balaban J connectivity index is 5.02. The van der Waals surface area contributed by atoms with Crippen molar-refractivity contribution in [2.24, 2.45) is 0 Å². The van der Waals surface area contributed by atoms with Gasteiger partial charge in [-0.2, -0.15) is 0 Å². The van der Waals surface area contributed by atoms with Gasteiger partial charge in [0.15, 0.2) is 0 Å². The molecule has 1 amide bonds. The van der Waals surface area contributed by atoms with E-state index in [1.807, 2.05) is 33.3 Å². The average Bonchev–Trinajstić information content (AvgIpc) is 3.46. The normalized spacial score (nSPS) is 13.8. The number of amides is 1. The maximum absolute atomic E-state index is 13.6. The summed E-state index contributed by atoms with van der Waals surface area (Å²) in [6.07, 6.45) is 79.8. The lowest BCUT2D eigenvalue weighted by Gasteiger charge is -2.27. The van der Waals surface area contributed by atoms with Crippen LogP contribution in [0.5, 0.6) is 0 Å². The topological polar surface area (TPSA) is 111 Å². The zero-order chi connectivity index (χ0) is 60.7. The Labute approximate surface area is 516 Å². The lowest BCUT2D eigenvalue weighted by molar-refractivity contribution is -0.870. The monoisotopic (exact) mass is 1190 g/mol. The average molecular weight is 1190 g/mol. The van der Waals surface area contributed by atoms with Crippen molar-refractivity contribution in [1.82, 2.24) is 5.32 Å². The SMILES string of the molecule is CCCCC/C=C\C/C=C\CCCCCCCCCC(=O)NC(COP(=O)(O)OCC[N+](C)(C)C)C(/C=C\CCCCCCCCCCCCC)OC(=O)CCCCCCCCCCCCCCCCCCC/C=C/CCCCCCCC. The Kier molecular flexibility index (Phi) is 61.5. The molecule has 0 aromatic carbocycles. The minimum Gasteiger partial charge on any atom is -0.456 e. The fraction of sp³-hybridized carbons (Fsp3) is 0.863. The summed E-state index contributed by atoms with van der Waals surface area (Å²) < 4.78 is 30.8. The highest BCUT2D eigenvalue weighted by Crippen LogP contribution is 2.43. The van der Waals surface area contributed by atoms with Crippen molar-refractivity contribution >= 4 is 19.7 Å². The molecule has 9 nitrogen and oxygen atoms in total. The van der Waals surface area contributed by atoms with Gasteiger partial charge in [-0.25, -0.2) is 4.57 Å². The molecule has 10 heteroatoms. The summed E-state index contributed by atoms with van der Waals surface area (Å²) in [7, 11) is 1.50. The molecular formula is C73H140N2O7P+. The van der Waals surface area contributed by atoms with Crippen LogP contribution in [0.25, 0.3) is 0 Å². The van der Waals surface area contributed by atoms with E-state index >= 15 is 0 Å². The predicted octanol–water partition coefficient (Wildman–Crippen LogP) is 22.8. The molecule has 0 bridgehead atoms. The number of rotatable bonds is 66. The first-order valence-electron chi connectivity index (χ1n) is 36.0. The van der Waals surface area contributed by atoms with Crippen molar-refractivity contribution in [2.75, 3.05) is 40.9 Å². The van der Waals surface area contributed by atoms with Gasteiger partial charge < -0.3 is 19.4 Å². The van der Waals surface area contributed by atoms with Gasteiger partial charge in [0.25, 0.3) is 0 Å². The number of likely N-dealkylation sites (N-methyl/N-ethyl adjacent to an activating group) is 1. The van der Waals surface area contributed by atoms with Crippen LogP contribution in [-0.4, -0.2) is 74.3 Å². The molecular weight excluding hydrogens is 1050 g/mol. The van der Waals surface area contributed by atoms with E-state index in [2.05, 4.69) is 62.5 Å². The molecule has 3 unspecified atom stereocenters. The van der Waals surface area contributed by atoms with E-state index in [1.165, 1.54) is 244 Å². The summed E-state index contributed by atoms with van der Waals surface area (Å²) in [6.45, 7) is 7.03. The largest absolute Gasteiger partial charge is 0.472 e. The number of unbranched alkanes of at least 4 members (excludes halogenated alkanes) is 44. The second-order valence-corrected chi connectivity index (χ2v) is 27.2.